The minimum absolute atomic E-state index is 0.0843. The second-order valence-corrected chi connectivity index (χ2v) is 6.97. The molecule has 2 aliphatic carbocycles. The number of pyridine rings is 1. The molecule has 1 aromatic heterocycles. The fourth-order valence-electron chi connectivity index (χ4n) is 4.54. The van der Waals surface area contributed by atoms with Gasteiger partial charge >= 0.3 is 0 Å². The molecule has 2 aromatic rings. The number of hydrogen-bond acceptors (Lipinski definition) is 3. The molecule has 4 atom stereocenters. The largest absolute Gasteiger partial charge is 0.396 e. The van der Waals surface area contributed by atoms with Crippen LogP contribution in [0.15, 0.2) is 42.6 Å². The summed E-state index contributed by atoms with van der Waals surface area (Å²) in [6, 6.07) is 10.00. The van der Waals surface area contributed by atoms with Crippen molar-refractivity contribution in [1.29, 1.82) is 0 Å². The van der Waals surface area contributed by atoms with Gasteiger partial charge in [0, 0.05) is 41.8 Å². The highest BCUT2D eigenvalue weighted by Crippen LogP contribution is 2.48. The van der Waals surface area contributed by atoms with Gasteiger partial charge in [-0.05, 0) is 43.2 Å². The number of aliphatic hydroxyl groups is 1. The number of carbonyl (C=O) groups excluding carboxylic acids is 1. The van der Waals surface area contributed by atoms with E-state index in [1.54, 1.807) is 12.3 Å². The summed E-state index contributed by atoms with van der Waals surface area (Å²) < 4.78 is 0. The van der Waals surface area contributed by atoms with Gasteiger partial charge in [-0.15, -0.1) is 0 Å². The van der Waals surface area contributed by atoms with Crippen LogP contribution < -0.4 is 5.32 Å². The van der Waals surface area contributed by atoms with Crippen molar-refractivity contribution in [2.75, 3.05) is 6.61 Å². The third kappa shape index (κ3) is 2.71. The molecule has 4 heteroatoms. The Balaban J connectivity index is 1.48. The number of aliphatic hydroxyl groups excluding tert-OH is 1. The first kappa shape index (κ1) is 15.3. The van der Waals surface area contributed by atoms with E-state index in [9.17, 15) is 9.90 Å². The molecular weight excluding hydrogens is 300 g/mol. The molecule has 1 amide bonds. The number of para-hydroxylation sites is 1. The van der Waals surface area contributed by atoms with Crippen molar-refractivity contribution in [2.45, 2.75) is 25.3 Å². The Hall–Kier alpha value is -2.20. The Bertz CT molecular complexity index is 781. The van der Waals surface area contributed by atoms with E-state index in [0.717, 1.165) is 22.9 Å². The summed E-state index contributed by atoms with van der Waals surface area (Å²) >= 11 is 0. The predicted molar refractivity (Wildman–Crippen MR) is 94.1 cm³/mol. The fraction of sp³-hybridized carbons (Fsp3) is 0.400. The van der Waals surface area contributed by atoms with Gasteiger partial charge in [0.25, 0.3) is 0 Å². The third-order valence-corrected chi connectivity index (χ3v) is 5.69. The smallest absolute Gasteiger partial charge is 0.244 e. The minimum atomic E-state index is -0.0843. The van der Waals surface area contributed by atoms with Gasteiger partial charge in [-0.1, -0.05) is 24.3 Å². The van der Waals surface area contributed by atoms with Gasteiger partial charge in [-0.3, -0.25) is 9.78 Å². The summed E-state index contributed by atoms with van der Waals surface area (Å²) in [6.45, 7) is 0.170. The number of nitrogens with one attached hydrogen (secondary N) is 1. The van der Waals surface area contributed by atoms with Crippen molar-refractivity contribution < 1.29 is 9.90 Å². The van der Waals surface area contributed by atoms with E-state index in [4.69, 9.17) is 0 Å². The summed E-state index contributed by atoms with van der Waals surface area (Å²) in [5.41, 5.74) is 1.84. The lowest BCUT2D eigenvalue weighted by atomic mass is 9.85. The van der Waals surface area contributed by atoms with E-state index in [0.29, 0.717) is 11.8 Å². The van der Waals surface area contributed by atoms with Crippen LogP contribution in [-0.2, 0) is 4.79 Å². The maximum absolute atomic E-state index is 12.3. The van der Waals surface area contributed by atoms with Gasteiger partial charge < -0.3 is 10.4 Å². The molecule has 2 aliphatic rings. The normalized spacial score (nSPS) is 28.7. The Morgan fingerprint density at radius 3 is 2.96 bits per heavy atom. The number of carbonyl (C=O) groups is 1. The molecule has 24 heavy (non-hydrogen) atoms. The summed E-state index contributed by atoms with van der Waals surface area (Å²) in [7, 11) is 0. The molecule has 2 bridgehead atoms. The number of amides is 1. The zero-order valence-corrected chi connectivity index (χ0v) is 13.6. The number of rotatable bonds is 4. The monoisotopic (exact) mass is 322 g/mol. The van der Waals surface area contributed by atoms with Crippen molar-refractivity contribution in [2.24, 2.45) is 17.8 Å². The van der Waals surface area contributed by atoms with Crippen LogP contribution >= 0.6 is 0 Å². The van der Waals surface area contributed by atoms with Crippen molar-refractivity contribution in [3.63, 3.8) is 0 Å². The Kier molecular flexibility index (Phi) is 4.07. The molecule has 0 saturated heterocycles. The van der Waals surface area contributed by atoms with Gasteiger partial charge in [-0.25, -0.2) is 0 Å². The number of benzene rings is 1. The maximum Gasteiger partial charge on any atom is 0.244 e. The molecule has 1 aromatic carbocycles. The molecule has 0 radical (unpaired) electrons. The van der Waals surface area contributed by atoms with E-state index in [1.165, 1.54) is 12.8 Å². The van der Waals surface area contributed by atoms with Crippen LogP contribution in [0.1, 0.15) is 24.8 Å². The number of fused-ring (bicyclic) bond motifs is 3. The quantitative estimate of drug-likeness (QED) is 0.851. The number of nitrogens with zero attached hydrogens (tertiary/aromatic N) is 1. The van der Waals surface area contributed by atoms with Crippen LogP contribution in [0.2, 0.25) is 0 Å². The van der Waals surface area contributed by atoms with Gasteiger partial charge in [0.05, 0.1) is 5.52 Å². The zero-order valence-electron chi connectivity index (χ0n) is 13.6. The molecule has 2 saturated carbocycles. The van der Waals surface area contributed by atoms with Gasteiger partial charge in [0.15, 0.2) is 0 Å². The van der Waals surface area contributed by atoms with E-state index in [2.05, 4.69) is 10.3 Å². The summed E-state index contributed by atoms with van der Waals surface area (Å²) in [5.74, 6) is 1.25. The van der Waals surface area contributed by atoms with Crippen LogP contribution in [0, 0.1) is 17.8 Å². The second kappa shape index (κ2) is 6.36. The van der Waals surface area contributed by atoms with Gasteiger partial charge in [0.1, 0.15) is 0 Å². The molecule has 124 valence electrons. The molecule has 4 rings (SSSR count). The molecule has 2 N–H and O–H groups in total. The fourth-order valence-corrected chi connectivity index (χ4v) is 4.54. The average molecular weight is 322 g/mol. The first-order valence-corrected chi connectivity index (χ1v) is 8.69. The molecule has 4 nitrogen and oxygen atoms in total. The molecule has 4 unspecified atom stereocenters. The van der Waals surface area contributed by atoms with Crippen molar-refractivity contribution in [3.8, 4) is 0 Å². The van der Waals surface area contributed by atoms with E-state index >= 15 is 0 Å². The highest BCUT2D eigenvalue weighted by Gasteiger charge is 2.47. The predicted octanol–water partition coefficient (Wildman–Crippen LogP) is 2.77. The first-order valence-electron chi connectivity index (χ1n) is 8.69. The molecule has 0 aliphatic heterocycles. The van der Waals surface area contributed by atoms with Crippen molar-refractivity contribution >= 4 is 22.9 Å². The second-order valence-electron chi connectivity index (χ2n) is 6.97. The summed E-state index contributed by atoms with van der Waals surface area (Å²) in [5, 5.41) is 13.8. The topological polar surface area (TPSA) is 62.2 Å². The van der Waals surface area contributed by atoms with Crippen molar-refractivity contribution in [3.05, 3.63) is 48.2 Å². The van der Waals surface area contributed by atoms with Crippen molar-refractivity contribution in [1.82, 2.24) is 10.3 Å². The lowest BCUT2D eigenvalue weighted by Gasteiger charge is -2.30. The molecule has 0 spiro atoms. The summed E-state index contributed by atoms with van der Waals surface area (Å²) in [4.78, 5) is 16.7. The minimum Gasteiger partial charge on any atom is -0.396 e. The lowest BCUT2D eigenvalue weighted by molar-refractivity contribution is -0.117. The maximum atomic E-state index is 12.3. The van der Waals surface area contributed by atoms with E-state index in [-0.39, 0.29) is 24.5 Å². The Labute approximate surface area is 141 Å². The van der Waals surface area contributed by atoms with Crippen LogP contribution in [0.25, 0.3) is 17.0 Å². The lowest BCUT2D eigenvalue weighted by Crippen LogP contribution is -2.44. The van der Waals surface area contributed by atoms with E-state index < -0.39 is 0 Å². The third-order valence-electron chi connectivity index (χ3n) is 5.69. The first-order chi connectivity index (χ1) is 11.8. The highest BCUT2D eigenvalue weighted by molar-refractivity contribution is 5.95. The highest BCUT2D eigenvalue weighted by atomic mass is 16.3. The summed E-state index contributed by atoms with van der Waals surface area (Å²) in [6.07, 6.45) is 8.69. The van der Waals surface area contributed by atoms with Gasteiger partial charge in [-0.2, -0.15) is 0 Å². The Morgan fingerprint density at radius 2 is 2.08 bits per heavy atom. The SMILES string of the molecule is O=C(/C=C/c1cccc2cccnc12)NC1C2CCC(C2)C1CO. The van der Waals surface area contributed by atoms with Crippen LogP contribution in [0.3, 0.4) is 0 Å². The van der Waals surface area contributed by atoms with Crippen LogP contribution in [0.4, 0.5) is 0 Å². The average Bonchev–Trinajstić information content (AvgIpc) is 3.21. The number of aromatic nitrogens is 1. The van der Waals surface area contributed by atoms with E-state index in [1.807, 2.05) is 36.4 Å². The number of hydrogen-bond donors (Lipinski definition) is 2. The molecular formula is C20H22N2O2. The van der Waals surface area contributed by atoms with Crippen LogP contribution in [-0.4, -0.2) is 28.6 Å². The molecule has 1 heterocycles. The molecule has 2 fully saturated rings. The van der Waals surface area contributed by atoms with Gasteiger partial charge in [0.2, 0.25) is 5.91 Å². The Morgan fingerprint density at radius 1 is 1.25 bits per heavy atom. The van der Waals surface area contributed by atoms with Crippen LogP contribution in [0.5, 0.6) is 0 Å². The standard InChI is InChI=1S/C20H22N2O2/c23-12-17-15-6-7-16(11-15)20(17)22-18(24)9-8-14-4-1-3-13-5-2-10-21-19(13)14/h1-5,8-10,15-17,20,23H,6-7,11-12H2,(H,22,24)/b9-8+. The zero-order chi connectivity index (χ0) is 16.5.